The maximum absolute atomic E-state index is 12.7. The van der Waals surface area contributed by atoms with E-state index in [1.54, 1.807) is 0 Å². The van der Waals surface area contributed by atoms with Crippen LogP contribution in [0.3, 0.4) is 0 Å². The number of hydrogen-bond donors (Lipinski definition) is 0. The van der Waals surface area contributed by atoms with E-state index in [0.717, 1.165) is 5.69 Å². The minimum absolute atomic E-state index is 0.147. The number of benzene rings is 1. The summed E-state index contributed by atoms with van der Waals surface area (Å²) < 4.78 is 2.14. The van der Waals surface area contributed by atoms with Gasteiger partial charge in [-0.3, -0.25) is 4.79 Å². The maximum atomic E-state index is 12.7. The molecule has 0 spiro atoms. The van der Waals surface area contributed by atoms with E-state index in [1.165, 1.54) is 24.0 Å². The van der Waals surface area contributed by atoms with Crippen LogP contribution in [-0.4, -0.2) is 28.5 Å². The van der Waals surface area contributed by atoms with Gasteiger partial charge in [-0.2, -0.15) is 0 Å². The lowest BCUT2D eigenvalue weighted by Crippen LogP contribution is -2.30. The van der Waals surface area contributed by atoms with Gasteiger partial charge in [-0.05, 0) is 36.1 Å². The molecule has 106 valence electrons. The van der Waals surface area contributed by atoms with Crippen LogP contribution in [-0.2, 0) is 0 Å². The first-order valence-corrected chi connectivity index (χ1v) is 7.53. The van der Waals surface area contributed by atoms with Crippen LogP contribution >= 0.6 is 0 Å². The highest BCUT2D eigenvalue weighted by Crippen LogP contribution is 2.36. The number of carbonyl (C=O) groups excluding carboxylic acids is 1. The fraction of sp³-hybridized carbons (Fsp3) is 0.278. The molecule has 0 saturated heterocycles. The number of rotatable bonds is 3. The first kappa shape index (κ1) is 12.5. The molecule has 1 aliphatic carbocycles. The van der Waals surface area contributed by atoms with Crippen LogP contribution in [0.5, 0.6) is 0 Å². The fourth-order valence-corrected chi connectivity index (χ4v) is 2.98. The normalized spacial score (nSPS) is 17.9. The monoisotopic (exact) mass is 278 g/mol. The summed E-state index contributed by atoms with van der Waals surface area (Å²) in [5.74, 6) is 0.147. The van der Waals surface area contributed by atoms with Crippen LogP contribution in [0.4, 0.5) is 0 Å². The Hall–Kier alpha value is -2.29. The van der Waals surface area contributed by atoms with E-state index in [4.69, 9.17) is 0 Å². The summed E-state index contributed by atoms with van der Waals surface area (Å²) in [6.07, 6.45) is 6.59. The number of amides is 1. The van der Waals surface area contributed by atoms with Crippen molar-refractivity contribution in [3.05, 3.63) is 66.0 Å². The Morgan fingerprint density at radius 3 is 2.62 bits per heavy atom. The molecule has 21 heavy (non-hydrogen) atoms. The third-order valence-electron chi connectivity index (χ3n) is 4.29. The number of nitrogens with zero attached hydrogens (tertiary/aromatic N) is 2. The number of hydrogen-bond acceptors (Lipinski definition) is 1. The van der Waals surface area contributed by atoms with Crippen molar-refractivity contribution in [2.45, 2.75) is 18.9 Å². The van der Waals surface area contributed by atoms with Gasteiger partial charge in [0.25, 0.3) is 5.91 Å². The average Bonchev–Trinajstić information content (AvgIpc) is 3.06. The largest absolute Gasteiger partial charge is 0.340 e. The van der Waals surface area contributed by atoms with Crippen LogP contribution < -0.4 is 0 Å². The van der Waals surface area contributed by atoms with Gasteiger partial charge in [0, 0.05) is 25.3 Å². The fourth-order valence-electron chi connectivity index (χ4n) is 2.98. The van der Waals surface area contributed by atoms with E-state index in [1.807, 2.05) is 41.4 Å². The van der Waals surface area contributed by atoms with Gasteiger partial charge in [0.2, 0.25) is 0 Å². The molecule has 1 fully saturated rings. The second-order valence-corrected chi connectivity index (χ2v) is 5.81. The van der Waals surface area contributed by atoms with Crippen molar-refractivity contribution in [1.82, 2.24) is 9.47 Å². The van der Waals surface area contributed by atoms with E-state index < -0.39 is 0 Å². The SMILES string of the molecule is O=C(c1cccn1C1CC1)N1CC=C(c2ccccc2)C1. The molecule has 2 aromatic rings. The standard InChI is InChI=1S/C18H18N2O/c21-18(17-7-4-11-20(17)16-8-9-16)19-12-10-15(13-19)14-5-2-1-3-6-14/h1-7,10-11,16H,8-9,12-13H2. The first-order valence-electron chi connectivity index (χ1n) is 7.53. The second kappa shape index (κ2) is 4.92. The summed E-state index contributed by atoms with van der Waals surface area (Å²) in [6, 6.07) is 14.8. The molecule has 2 aliphatic rings. The van der Waals surface area contributed by atoms with Crippen LogP contribution in [0.1, 0.15) is 34.9 Å². The molecule has 0 unspecified atom stereocenters. The lowest BCUT2D eigenvalue weighted by molar-refractivity contribution is 0.0790. The van der Waals surface area contributed by atoms with Crippen LogP contribution in [0.2, 0.25) is 0 Å². The van der Waals surface area contributed by atoms with Gasteiger partial charge in [0.05, 0.1) is 0 Å². The third-order valence-corrected chi connectivity index (χ3v) is 4.29. The smallest absolute Gasteiger partial charge is 0.271 e. The van der Waals surface area contributed by atoms with Crippen molar-refractivity contribution in [1.29, 1.82) is 0 Å². The highest BCUT2D eigenvalue weighted by atomic mass is 16.2. The first-order chi connectivity index (χ1) is 10.3. The van der Waals surface area contributed by atoms with Gasteiger partial charge in [-0.1, -0.05) is 36.4 Å². The Labute approximate surface area is 124 Å². The molecular weight excluding hydrogens is 260 g/mol. The molecule has 1 aromatic carbocycles. The molecule has 0 atom stereocenters. The summed E-state index contributed by atoms with van der Waals surface area (Å²) in [5, 5.41) is 0. The van der Waals surface area contributed by atoms with Gasteiger partial charge < -0.3 is 9.47 Å². The molecular formula is C18H18N2O. The molecule has 0 N–H and O–H groups in total. The van der Waals surface area contributed by atoms with Crippen molar-refractivity contribution in [2.75, 3.05) is 13.1 Å². The summed E-state index contributed by atoms with van der Waals surface area (Å²) in [7, 11) is 0. The minimum atomic E-state index is 0.147. The second-order valence-electron chi connectivity index (χ2n) is 5.81. The lowest BCUT2D eigenvalue weighted by Gasteiger charge is -2.18. The Bertz CT molecular complexity index is 695. The summed E-state index contributed by atoms with van der Waals surface area (Å²) in [6.45, 7) is 1.41. The Morgan fingerprint density at radius 2 is 1.86 bits per heavy atom. The molecule has 1 amide bonds. The molecule has 3 nitrogen and oxygen atoms in total. The van der Waals surface area contributed by atoms with E-state index in [9.17, 15) is 4.79 Å². The zero-order chi connectivity index (χ0) is 14.2. The van der Waals surface area contributed by atoms with E-state index >= 15 is 0 Å². The molecule has 1 aromatic heterocycles. The van der Waals surface area contributed by atoms with Crippen molar-refractivity contribution >= 4 is 11.5 Å². The van der Waals surface area contributed by atoms with Crippen molar-refractivity contribution in [3.8, 4) is 0 Å². The van der Waals surface area contributed by atoms with Gasteiger partial charge in [0.15, 0.2) is 0 Å². The molecule has 1 aliphatic heterocycles. The van der Waals surface area contributed by atoms with Gasteiger partial charge in [0.1, 0.15) is 5.69 Å². The van der Waals surface area contributed by atoms with Gasteiger partial charge in [-0.25, -0.2) is 0 Å². The quantitative estimate of drug-likeness (QED) is 0.845. The number of aromatic nitrogens is 1. The predicted molar refractivity (Wildman–Crippen MR) is 83.0 cm³/mol. The highest BCUT2D eigenvalue weighted by Gasteiger charge is 2.29. The van der Waals surface area contributed by atoms with Gasteiger partial charge in [-0.15, -0.1) is 0 Å². The molecule has 2 heterocycles. The number of carbonyl (C=O) groups is 1. The van der Waals surface area contributed by atoms with Gasteiger partial charge >= 0.3 is 0 Å². The maximum Gasteiger partial charge on any atom is 0.271 e. The Balaban J connectivity index is 1.51. The third kappa shape index (κ3) is 2.29. The molecule has 3 heteroatoms. The zero-order valence-electron chi connectivity index (χ0n) is 11.9. The van der Waals surface area contributed by atoms with E-state index in [0.29, 0.717) is 19.1 Å². The minimum Gasteiger partial charge on any atom is -0.340 e. The summed E-state index contributed by atoms with van der Waals surface area (Å²) >= 11 is 0. The van der Waals surface area contributed by atoms with Crippen molar-refractivity contribution in [3.63, 3.8) is 0 Å². The van der Waals surface area contributed by atoms with Crippen LogP contribution in [0, 0.1) is 0 Å². The molecule has 4 rings (SSSR count). The molecule has 0 bridgehead atoms. The topological polar surface area (TPSA) is 25.2 Å². The highest BCUT2D eigenvalue weighted by molar-refractivity contribution is 5.95. The van der Waals surface area contributed by atoms with E-state index in [-0.39, 0.29) is 5.91 Å². The predicted octanol–water partition coefficient (Wildman–Crippen LogP) is 3.36. The van der Waals surface area contributed by atoms with Crippen molar-refractivity contribution in [2.24, 2.45) is 0 Å². The lowest BCUT2D eigenvalue weighted by atomic mass is 10.1. The van der Waals surface area contributed by atoms with Crippen molar-refractivity contribution < 1.29 is 4.79 Å². The Kier molecular flexibility index (Phi) is 2.92. The molecule has 1 saturated carbocycles. The Morgan fingerprint density at radius 1 is 1.05 bits per heavy atom. The summed E-state index contributed by atoms with van der Waals surface area (Å²) in [5.41, 5.74) is 3.29. The van der Waals surface area contributed by atoms with Crippen LogP contribution in [0.25, 0.3) is 5.57 Å². The molecule has 0 radical (unpaired) electrons. The van der Waals surface area contributed by atoms with E-state index in [2.05, 4.69) is 22.8 Å². The average molecular weight is 278 g/mol. The summed E-state index contributed by atoms with van der Waals surface area (Å²) in [4.78, 5) is 14.6. The zero-order valence-corrected chi connectivity index (χ0v) is 11.9. The van der Waals surface area contributed by atoms with Crippen LogP contribution in [0.15, 0.2) is 54.7 Å².